The molecule has 1 aromatic rings. The second-order valence-electron chi connectivity index (χ2n) is 5.71. The average Bonchev–Trinajstić information content (AvgIpc) is 2.81. The molecule has 122 valence electrons. The van der Waals surface area contributed by atoms with E-state index in [9.17, 15) is 13.2 Å². The number of carbonyl (C=O) groups is 1. The van der Waals surface area contributed by atoms with Gasteiger partial charge in [0, 0.05) is 24.7 Å². The number of sulfonamides is 1. The maximum absolute atomic E-state index is 12.3. The smallest absolute Gasteiger partial charge is 0.240 e. The molecule has 2 rings (SSSR count). The molecule has 1 atom stereocenters. The summed E-state index contributed by atoms with van der Waals surface area (Å²) < 4.78 is 27.2. The van der Waals surface area contributed by atoms with Crippen LogP contribution in [0.3, 0.4) is 0 Å². The predicted molar refractivity (Wildman–Crippen MR) is 87.5 cm³/mol. The summed E-state index contributed by atoms with van der Waals surface area (Å²) in [7, 11) is -3.47. The van der Waals surface area contributed by atoms with Gasteiger partial charge in [-0.15, -0.1) is 0 Å². The Morgan fingerprint density at radius 1 is 1.36 bits per heavy atom. The predicted octanol–water partition coefficient (Wildman–Crippen LogP) is 2.45. The minimum atomic E-state index is -3.47. The van der Waals surface area contributed by atoms with Gasteiger partial charge >= 0.3 is 0 Å². The van der Waals surface area contributed by atoms with Gasteiger partial charge in [0.05, 0.1) is 4.90 Å². The van der Waals surface area contributed by atoms with Gasteiger partial charge in [0.25, 0.3) is 0 Å². The summed E-state index contributed by atoms with van der Waals surface area (Å²) in [4.78, 5) is 14.1. The van der Waals surface area contributed by atoms with E-state index < -0.39 is 10.0 Å². The first kappa shape index (κ1) is 17.0. The molecule has 0 spiro atoms. The molecule has 0 radical (unpaired) electrons. The number of hydrogen-bond donors (Lipinski definition) is 1. The van der Waals surface area contributed by atoms with E-state index in [-0.39, 0.29) is 16.8 Å². The summed E-state index contributed by atoms with van der Waals surface area (Å²) in [6, 6.07) is 5.11. The van der Waals surface area contributed by atoms with Crippen molar-refractivity contribution in [3.63, 3.8) is 0 Å². The first-order valence-electron chi connectivity index (χ1n) is 7.85. The van der Waals surface area contributed by atoms with E-state index >= 15 is 0 Å². The molecule has 1 aromatic carbocycles. The maximum Gasteiger partial charge on any atom is 0.240 e. The molecule has 1 aliphatic heterocycles. The van der Waals surface area contributed by atoms with Gasteiger partial charge in [-0.3, -0.25) is 4.79 Å². The highest BCUT2D eigenvalue weighted by Crippen LogP contribution is 2.34. The Morgan fingerprint density at radius 2 is 2.09 bits per heavy atom. The molecule has 1 aliphatic rings. The molecule has 5 nitrogen and oxygen atoms in total. The van der Waals surface area contributed by atoms with E-state index in [1.54, 1.807) is 23.1 Å². The van der Waals surface area contributed by atoms with Gasteiger partial charge in [-0.05, 0) is 43.5 Å². The quantitative estimate of drug-likeness (QED) is 0.817. The third-order valence-electron chi connectivity index (χ3n) is 3.97. The number of nitrogens with zero attached hydrogens (tertiary/aromatic N) is 1. The van der Waals surface area contributed by atoms with Crippen LogP contribution in [0.15, 0.2) is 23.1 Å². The van der Waals surface area contributed by atoms with Crippen LogP contribution in [0.5, 0.6) is 0 Å². The topological polar surface area (TPSA) is 66.5 Å². The van der Waals surface area contributed by atoms with E-state index in [2.05, 4.69) is 4.72 Å². The van der Waals surface area contributed by atoms with Gasteiger partial charge in [-0.25, -0.2) is 13.1 Å². The lowest BCUT2D eigenvalue weighted by atomic mass is 10.1. The Balaban J connectivity index is 2.27. The number of unbranched alkanes of at least 4 members (excludes halogenated alkanes) is 1. The van der Waals surface area contributed by atoms with Gasteiger partial charge in [0.2, 0.25) is 15.9 Å². The van der Waals surface area contributed by atoms with Crippen molar-refractivity contribution in [2.45, 2.75) is 57.4 Å². The number of carbonyl (C=O) groups excluding carboxylic acids is 1. The third-order valence-corrected chi connectivity index (χ3v) is 5.43. The van der Waals surface area contributed by atoms with Crippen LogP contribution in [-0.2, 0) is 21.2 Å². The van der Waals surface area contributed by atoms with Gasteiger partial charge in [-0.1, -0.05) is 20.3 Å². The molecule has 6 heteroatoms. The molecule has 22 heavy (non-hydrogen) atoms. The summed E-state index contributed by atoms with van der Waals surface area (Å²) in [6.45, 7) is 6.29. The van der Waals surface area contributed by atoms with Gasteiger partial charge < -0.3 is 4.90 Å². The fourth-order valence-electron chi connectivity index (χ4n) is 2.79. The standard InChI is InChI=1S/C16H24N2O3S/c1-4-6-9-17-22(20,21)14-7-8-15-13(11-14)10-12(3)18(15)16(19)5-2/h7-8,11-12,17H,4-6,9-10H2,1-3H3. The highest BCUT2D eigenvalue weighted by atomic mass is 32.2. The first-order chi connectivity index (χ1) is 10.4. The van der Waals surface area contributed by atoms with E-state index in [1.807, 2.05) is 20.8 Å². The van der Waals surface area contributed by atoms with Crippen molar-refractivity contribution >= 4 is 21.6 Å². The summed E-state index contributed by atoms with van der Waals surface area (Å²) in [5.74, 6) is 0.0722. The molecule has 0 fully saturated rings. The normalized spacial score (nSPS) is 17.6. The van der Waals surface area contributed by atoms with Crippen LogP contribution in [0.1, 0.15) is 45.6 Å². The molecule has 1 heterocycles. The summed E-state index contributed by atoms with van der Waals surface area (Å²) >= 11 is 0. The Kier molecular flexibility index (Phi) is 5.24. The lowest BCUT2D eigenvalue weighted by Crippen LogP contribution is -2.35. The summed E-state index contributed by atoms with van der Waals surface area (Å²) in [5.41, 5.74) is 1.76. The second kappa shape index (κ2) is 6.79. The first-order valence-corrected chi connectivity index (χ1v) is 9.33. The van der Waals surface area contributed by atoms with Crippen LogP contribution in [-0.4, -0.2) is 26.9 Å². The van der Waals surface area contributed by atoms with Crippen molar-refractivity contribution in [2.75, 3.05) is 11.4 Å². The Labute approximate surface area is 132 Å². The lowest BCUT2D eigenvalue weighted by Gasteiger charge is -2.22. The number of anilines is 1. The minimum Gasteiger partial charge on any atom is -0.309 e. The van der Waals surface area contributed by atoms with Crippen molar-refractivity contribution in [3.05, 3.63) is 23.8 Å². The minimum absolute atomic E-state index is 0.0722. The third kappa shape index (κ3) is 3.33. The molecule has 0 saturated heterocycles. The van der Waals surface area contributed by atoms with Crippen LogP contribution in [0.2, 0.25) is 0 Å². The molecule has 1 unspecified atom stereocenters. The van der Waals surface area contributed by atoms with Crippen molar-refractivity contribution < 1.29 is 13.2 Å². The number of nitrogens with one attached hydrogen (secondary N) is 1. The molecule has 1 N–H and O–H groups in total. The second-order valence-corrected chi connectivity index (χ2v) is 7.48. The van der Waals surface area contributed by atoms with Crippen molar-refractivity contribution in [3.8, 4) is 0 Å². The van der Waals surface area contributed by atoms with Crippen molar-refractivity contribution in [1.82, 2.24) is 4.72 Å². The van der Waals surface area contributed by atoms with Crippen LogP contribution in [0, 0.1) is 0 Å². The number of amides is 1. The zero-order valence-corrected chi connectivity index (χ0v) is 14.2. The molecule has 0 saturated carbocycles. The van der Waals surface area contributed by atoms with Crippen LogP contribution in [0.4, 0.5) is 5.69 Å². The zero-order chi connectivity index (χ0) is 16.3. The molecule has 0 aliphatic carbocycles. The molecule has 1 amide bonds. The fourth-order valence-corrected chi connectivity index (χ4v) is 3.92. The molecular formula is C16H24N2O3S. The Morgan fingerprint density at radius 3 is 2.73 bits per heavy atom. The van der Waals surface area contributed by atoms with Gasteiger partial charge in [-0.2, -0.15) is 0 Å². The fraction of sp³-hybridized carbons (Fsp3) is 0.562. The lowest BCUT2D eigenvalue weighted by molar-refractivity contribution is -0.118. The molecular weight excluding hydrogens is 300 g/mol. The van der Waals surface area contributed by atoms with Crippen LogP contribution in [0.25, 0.3) is 0 Å². The summed E-state index contributed by atoms with van der Waals surface area (Å²) in [5, 5.41) is 0. The van der Waals surface area contributed by atoms with Gasteiger partial charge in [0.1, 0.15) is 0 Å². The SMILES string of the molecule is CCCCNS(=O)(=O)c1ccc2c(c1)CC(C)N2C(=O)CC. The van der Waals surface area contributed by atoms with Crippen molar-refractivity contribution in [1.29, 1.82) is 0 Å². The molecule has 0 aromatic heterocycles. The van der Waals surface area contributed by atoms with Crippen LogP contribution >= 0.6 is 0 Å². The number of hydrogen-bond acceptors (Lipinski definition) is 3. The number of benzene rings is 1. The molecule has 0 bridgehead atoms. The largest absolute Gasteiger partial charge is 0.309 e. The van der Waals surface area contributed by atoms with E-state index in [4.69, 9.17) is 0 Å². The van der Waals surface area contributed by atoms with Gasteiger partial charge in [0.15, 0.2) is 0 Å². The highest BCUT2D eigenvalue weighted by molar-refractivity contribution is 7.89. The Bertz CT molecular complexity index is 655. The van der Waals surface area contributed by atoms with E-state index in [0.29, 0.717) is 19.4 Å². The monoisotopic (exact) mass is 324 g/mol. The highest BCUT2D eigenvalue weighted by Gasteiger charge is 2.31. The maximum atomic E-state index is 12.3. The summed E-state index contributed by atoms with van der Waals surface area (Å²) in [6.07, 6.45) is 2.90. The van der Waals surface area contributed by atoms with E-state index in [1.165, 1.54) is 0 Å². The van der Waals surface area contributed by atoms with E-state index in [0.717, 1.165) is 24.1 Å². The van der Waals surface area contributed by atoms with Crippen molar-refractivity contribution in [2.24, 2.45) is 0 Å². The number of fused-ring (bicyclic) bond motifs is 1. The number of rotatable bonds is 6. The zero-order valence-electron chi connectivity index (χ0n) is 13.4. The Hall–Kier alpha value is -1.40. The van der Waals surface area contributed by atoms with Crippen LogP contribution < -0.4 is 9.62 Å². The average molecular weight is 324 g/mol.